The van der Waals surface area contributed by atoms with Gasteiger partial charge in [-0.15, -0.1) is 0 Å². The van der Waals surface area contributed by atoms with Crippen LogP contribution in [0.25, 0.3) is 0 Å². The fourth-order valence-electron chi connectivity index (χ4n) is 1.52. The van der Waals surface area contributed by atoms with E-state index in [4.69, 9.17) is 0 Å². The van der Waals surface area contributed by atoms with Gasteiger partial charge in [-0.1, -0.05) is 13.8 Å². The average molecular weight is 193 g/mol. The molecule has 3 heteroatoms. The highest BCUT2D eigenvalue weighted by Crippen LogP contribution is 2.09. The molecule has 1 atom stereocenters. The summed E-state index contributed by atoms with van der Waals surface area (Å²) in [6.45, 7) is 6.44. The van der Waals surface area contributed by atoms with E-state index in [2.05, 4.69) is 29.1 Å². The largest absolute Gasteiger partial charge is 0.316 e. The third-order valence-corrected chi connectivity index (χ3v) is 2.57. The second-order valence-electron chi connectivity index (χ2n) is 3.93. The predicted octanol–water partition coefficient (Wildman–Crippen LogP) is 1.57. The summed E-state index contributed by atoms with van der Waals surface area (Å²) in [6, 6.07) is 0.477. The van der Waals surface area contributed by atoms with Gasteiger partial charge >= 0.3 is 0 Å². The molecule has 0 bridgehead atoms. The Morgan fingerprint density at radius 3 is 2.43 bits per heavy atom. The summed E-state index contributed by atoms with van der Waals surface area (Å²) in [6.07, 6.45) is 4.45. The molecule has 0 saturated carbocycles. The minimum absolute atomic E-state index is 0.477. The fourth-order valence-corrected chi connectivity index (χ4v) is 1.52. The molecule has 78 valence electrons. The lowest BCUT2D eigenvalue weighted by molar-refractivity contribution is 0.420. The number of rotatable bonds is 4. The first-order chi connectivity index (χ1) is 6.65. The molecule has 1 aromatic rings. The van der Waals surface area contributed by atoms with Crippen LogP contribution in [-0.2, 0) is 6.42 Å². The molecule has 0 aliphatic carbocycles. The lowest BCUT2D eigenvalue weighted by Crippen LogP contribution is -2.33. The third kappa shape index (κ3) is 2.77. The lowest BCUT2D eigenvalue weighted by Gasteiger charge is -2.20. The molecule has 0 spiro atoms. The van der Waals surface area contributed by atoms with Gasteiger partial charge in [-0.25, -0.2) is 0 Å². The van der Waals surface area contributed by atoms with Crippen molar-refractivity contribution in [3.8, 4) is 0 Å². The van der Waals surface area contributed by atoms with Gasteiger partial charge in [0.2, 0.25) is 0 Å². The van der Waals surface area contributed by atoms with Crippen molar-refractivity contribution in [2.45, 2.75) is 33.2 Å². The average Bonchev–Trinajstić information content (AvgIpc) is 2.16. The number of hydrogen-bond acceptors (Lipinski definition) is 3. The molecule has 0 amide bonds. The van der Waals surface area contributed by atoms with Gasteiger partial charge < -0.3 is 5.32 Å². The van der Waals surface area contributed by atoms with Crippen LogP contribution in [0.1, 0.15) is 25.2 Å². The van der Waals surface area contributed by atoms with E-state index in [9.17, 15) is 0 Å². The Kier molecular flexibility index (Phi) is 4.01. The Hall–Kier alpha value is -0.960. The standard InChI is InChI=1S/C11H19N3/c1-8(2)10(12-4)7-11-9(3)13-5-6-14-11/h5-6,8,10,12H,7H2,1-4H3. The van der Waals surface area contributed by atoms with Crippen molar-refractivity contribution in [2.75, 3.05) is 7.05 Å². The summed E-state index contributed by atoms with van der Waals surface area (Å²) >= 11 is 0. The summed E-state index contributed by atoms with van der Waals surface area (Å²) < 4.78 is 0. The highest BCUT2D eigenvalue weighted by Gasteiger charge is 2.13. The van der Waals surface area contributed by atoms with E-state index in [1.165, 1.54) is 0 Å². The highest BCUT2D eigenvalue weighted by molar-refractivity contribution is 5.10. The van der Waals surface area contributed by atoms with Gasteiger partial charge in [-0.3, -0.25) is 9.97 Å². The van der Waals surface area contributed by atoms with Crippen molar-refractivity contribution in [3.05, 3.63) is 23.8 Å². The number of likely N-dealkylation sites (N-methyl/N-ethyl adjacent to an activating group) is 1. The van der Waals surface area contributed by atoms with Gasteiger partial charge in [-0.2, -0.15) is 0 Å². The van der Waals surface area contributed by atoms with E-state index in [0.717, 1.165) is 17.8 Å². The Balaban J connectivity index is 2.72. The second kappa shape index (κ2) is 5.05. The van der Waals surface area contributed by atoms with Crippen molar-refractivity contribution >= 4 is 0 Å². The molecular formula is C11H19N3. The van der Waals surface area contributed by atoms with Crippen LogP contribution in [0.2, 0.25) is 0 Å². The minimum atomic E-state index is 0.477. The van der Waals surface area contributed by atoms with Gasteiger partial charge in [0.15, 0.2) is 0 Å². The van der Waals surface area contributed by atoms with Gasteiger partial charge in [0, 0.05) is 24.9 Å². The summed E-state index contributed by atoms with van der Waals surface area (Å²) in [7, 11) is 2.00. The molecule has 1 unspecified atom stereocenters. The molecule has 1 N–H and O–H groups in total. The maximum Gasteiger partial charge on any atom is 0.0631 e. The van der Waals surface area contributed by atoms with Crippen molar-refractivity contribution in [3.63, 3.8) is 0 Å². The predicted molar refractivity (Wildman–Crippen MR) is 58.2 cm³/mol. The molecule has 0 aliphatic rings. The van der Waals surface area contributed by atoms with Crippen LogP contribution in [0.15, 0.2) is 12.4 Å². The lowest BCUT2D eigenvalue weighted by atomic mass is 9.99. The molecule has 0 saturated heterocycles. The minimum Gasteiger partial charge on any atom is -0.316 e. The van der Waals surface area contributed by atoms with Crippen LogP contribution in [0, 0.1) is 12.8 Å². The van der Waals surface area contributed by atoms with E-state index in [1.807, 2.05) is 14.0 Å². The summed E-state index contributed by atoms with van der Waals surface area (Å²) in [5.74, 6) is 0.612. The first-order valence-electron chi connectivity index (χ1n) is 5.09. The fraction of sp³-hybridized carbons (Fsp3) is 0.636. The normalized spacial score (nSPS) is 13.2. The monoisotopic (exact) mass is 193 g/mol. The number of aryl methyl sites for hydroxylation is 1. The number of nitrogens with one attached hydrogen (secondary N) is 1. The molecule has 0 radical (unpaired) electrons. The molecule has 3 nitrogen and oxygen atoms in total. The SMILES string of the molecule is CNC(Cc1nccnc1C)C(C)C. The van der Waals surface area contributed by atoms with E-state index in [0.29, 0.717) is 12.0 Å². The first-order valence-corrected chi connectivity index (χ1v) is 5.09. The Morgan fingerprint density at radius 1 is 1.29 bits per heavy atom. The van der Waals surface area contributed by atoms with E-state index < -0.39 is 0 Å². The maximum atomic E-state index is 4.35. The zero-order valence-corrected chi connectivity index (χ0v) is 9.41. The first kappa shape index (κ1) is 11.1. The summed E-state index contributed by atoms with van der Waals surface area (Å²) in [4.78, 5) is 8.58. The zero-order chi connectivity index (χ0) is 10.6. The summed E-state index contributed by atoms with van der Waals surface area (Å²) in [5.41, 5.74) is 2.13. The molecule has 1 rings (SSSR count). The van der Waals surface area contributed by atoms with Crippen LogP contribution in [0.4, 0.5) is 0 Å². The molecule has 0 aliphatic heterocycles. The topological polar surface area (TPSA) is 37.8 Å². The van der Waals surface area contributed by atoms with E-state index in [-0.39, 0.29) is 0 Å². The smallest absolute Gasteiger partial charge is 0.0631 e. The quantitative estimate of drug-likeness (QED) is 0.788. The van der Waals surface area contributed by atoms with E-state index >= 15 is 0 Å². The Bertz CT molecular complexity index is 284. The van der Waals surface area contributed by atoms with Crippen LogP contribution < -0.4 is 5.32 Å². The zero-order valence-electron chi connectivity index (χ0n) is 9.41. The van der Waals surface area contributed by atoms with Crippen molar-refractivity contribution in [2.24, 2.45) is 5.92 Å². The van der Waals surface area contributed by atoms with Crippen LogP contribution in [0.3, 0.4) is 0 Å². The van der Waals surface area contributed by atoms with Gasteiger partial charge in [0.25, 0.3) is 0 Å². The number of hydrogen-bond donors (Lipinski definition) is 1. The molecular weight excluding hydrogens is 174 g/mol. The van der Waals surface area contributed by atoms with Crippen molar-refractivity contribution in [1.29, 1.82) is 0 Å². The maximum absolute atomic E-state index is 4.35. The molecule has 0 fully saturated rings. The molecule has 1 aromatic heterocycles. The van der Waals surface area contributed by atoms with Crippen LogP contribution in [0.5, 0.6) is 0 Å². The van der Waals surface area contributed by atoms with E-state index in [1.54, 1.807) is 12.4 Å². The van der Waals surface area contributed by atoms with Gasteiger partial charge in [0.1, 0.15) is 0 Å². The van der Waals surface area contributed by atoms with Gasteiger partial charge in [0.05, 0.1) is 11.4 Å². The van der Waals surface area contributed by atoms with Crippen molar-refractivity contribution in [1.82, 2.24) is 15.3 Å². The Morgan fingerprint density at radius 2 is 1.93 bits per heavy atom. The van der Waals surface area contributed by atoms with Crippen molar-refractivity contribution < 1.29 is 0 Å². The molecule has 14 heavy (non-hydrogen) atoms. The summed E-state index contributed by atoms with van der Waals surface area (Å²) in [5, 5.41) is 3.31. The van der Waals surface area contributed by atoms with Crippen LogP contribution >= 0.6 is 0 Å². The molecule has 1 heterocycles. The number of nitrogens with zero attached hydrogens (tertiary/aromatic N) is 2. The Labute approximate surface area is 86.0 Å². The molecule has 0 aromatic carbocycles. The number of aromatic nitrogens is 2. The highest BCUT2D eigenvalue weighted by atomic mass is 14.9. The second-order valence-corrected chi connectivity index (χ2v) is 3.93. The third-order valence-electron chi connectivity index (χ3n) is 2.57. The van der Waals surface area contributed by atoms with Gasteiger partial charge in [-0.05, 0) is 19.9 Å². The van der Waals surface area contributed by atoms with Crippen LogP contribution in [-0.4, -0.2) is 23.1 Å².